The first kappa shape index (κ1) is 42.9. The molecule has 1 aliphatic carbocycles. The lowest BCUT2D eigenvalue weighted by atomic mass is 9.91. The molecule has 2 unspecified atom stereocenters. The lowest BCUT2D eigenvalue weighted by molar-refractivity contribution is -0.126. The summed E-state index contributed by atoms with van der Waals surface area (Å²) in [5.74, 6) is 0.291. The molecule has 0 aromatic carbocycles. The Hall–Kier alpha value is -3.26. The quantitative estimate of drug-likeness (QED) is 0.0519. The highest BCUT2D eigenvalue weighted by Gasteiger charge is 2.82. The second-order valence-corrected chi connectivity index (χ2v) is 16.3. The van der Waals surface area contributed by atoms with Crippen molar-refractivity contribution in [3.63, 3.8) is 0 Å². The van der Waals surface area contributed by atoms with Crippen LogP contribution in [0.15, 0.2) is 30.6 Å². The van der Waals surface area contributed by atoms with Crippen molar-refractivity contribution >= 4 is 19.2 Å². The van der Waals surface area contributed by atoms with Gasteiger partial charge in [0.25, 0.3) is 0 Å². The van der Waals surface area contributed by atoms with E-state index in [2.05, 4.69) is 27.2 Å². The van der Waals surface area contributed by atoms with E-state index in [0.717, 1.165) is 19.3 Å². The first-order chi connectivity index (χ1) is 26.5. The smallest absolute Gasteiger partial charge is 0.468 e. The molecule has 1 aliphatic heterocycles. The Bertz CT molecular complexity index is 1730. The summed E-state index contributed by atoms with van der Waals surface area (Å²) in [4.78, 5) is 14.6. The largest absolute Gasteiger partial charge is 0.472 e. The van der Waals surface area contributed by atoms with Crippen LogP contribution in [0.25, 0.3) is 5.52 Å². The fourth-order valence-corrected chi connectivity index (χ4v) is 8.27. The molecular weight excluding hydrogens is 729 g/mol. The molecule has 1 saturated heterocycles. The van der Waals surface area contributed by atoms with Crippen molar-refractivity contribution < 1.29 is 42.9 Å². The number of nitriles is 1. The minimum absolute atomic E-state index is 0.00985. The van der Waals surface area contributed by atoms with Gasteiger partial charge in [0, 0.05) is 12.7 Å². The van der Waals surface area contributed by atoms with Gasteiger partial charge in [-0.3, -0.25) is 9.05 Å². The molecule has 0 radical (unpaired) electrons. The number of aliphatic hydroxyl groups is 2. The van der Waals surface area contributed by atoms with Crippen LogP contribution >= 0.6 is 7.82 Å². The molecule has 5 rings (SSSR count). The van der Waals surface area contributed by atoms with E-state index >= 15 is 0 Å². The summed E-state index contributed by atoms with van der Waals surface area (Å²) in [5, 5.41) is 43.4. The molecule has 16 nitrogen and oxygen atoms in total. The Morgan fingerprint density at radius 1 is 0.964 bits per heavy atom. The van der Waals surface area contributed by atoms with Crippen molar-refractivity contribution in [1.29, 1.82) is 5.26 Å². The van der Waals surface area contributed by atoms with Crippen LogP contribution in [0.4, 0.5) is 5.82 Å². The lowest BCUT2D eigenvalue weighted by Crippen LogP contribution is -2.46. The second kappa shape index (κ2) is 20.2. The number of nitrogens with zero attached hydrogens (tertiary/aromatic N) is 6. The van der Waals surface area contributed by atoms with E-state index in [0.29, 0.717) is 17.8 Å². The van der Waals surface area contributed by atoms with E-state index in [9.17, 15) is 19.7 Å². The maximum atomic E-state index is 13.1. The molecule has 0 amide bonds. The third-order valence-corrected chi connectivity index (χ3v) is 11.5. The average molecular weight is 788 g/mol. The van der Waals surface area contributed by atoms with Crippen LogP contribution in [0.1, 0.15) is 128 Å². The summed E-state index contributed by atoms with van der Waals surface area (Å²) in [6, 6.07) is 8.08. The number of nitrogens with two attached hydrogens (primary N) is 1. The van der Waals surface area contributed by atoms with Gasteiger partial charge in [-0.15, -0.1) is 10.2 Å². The zero-order valence-electron chi connectivity index (χ0n) is 32.1. The van der Waals surface area contributed by atoms with Gasteiger partial charge in [-0.05, 0) is 31.5 Å². The van der Waals surface area contributed by atoms with Crippen molar-refractivity contribution in [2.45, 2.75) is 152 Å². The van der Waals surface area contributed by atoms with E-state index < -0.39 is 50.0 Å². The fraction of sp³-hybridized carbons (Fsp3) is 0.711. The molecule has 4 heterocycles. The molecule has 17 heteroatoms. The number of nitrogen functional groups attached to an aromatic ring is 1. The number of aliphatic hydroxyl groups excluding tert-OH is 1. The first-order valence-electron chi connectivity index (χ1n) is 19.8. The Labute approximate surface area is 323 Å². The molecule has 0 bridgehead atoms. The number of fused-ring (bicyclic) bond motifs is 2. The van der Waals surface area contributed by atoms with Crippen LogP contribution in [0.5, 0.6) is 5.88 Å². The van der Waals surface area contributed by atoms with Gasteiger partial charge in [-0.2, -0.15) is 10.4 Å². The topological polar surface area (TPSA) is 230 Å². The minimum atomic E-state index is -4.81. The second-order valence-electron chi connectivity index (χ2n) is 14.9. The van der Waals surface area contributed by atoms with Crippen LogP contribution in [-0.2, 0) is 28.7 Å². The Balaban J connectivity index is 1.01. The van der Waals surface area contributed by atoms with Crippen molar-refractivity contribution in [2.24, 2.45) is 0 Å². The van der Waals surface area contributed by atoms with Crippen molar-refractivity contribution in [2.75, 3.05) is 25.6 Å². The molecule has 5 N–H and O–H groups in total. The van der Waals surface area contributed by atoms with Gasteiger partial charge in [-0.1, -0.05) is 103 Å². The van der Waals surface area contributed by atoms with Gasteiger partial charge in [0.1, 0.15) is 47.9 Å². The summed E-state index contributed by atoms with van der Waals surface area (Å²) in [6.07, 6.45) is 16.6. The lowest BCUT2D eigenvalue weighted by Gasteiger charge is -2.32. The molecule has 1 saturated carbocycles. The van der Waals surface area contributed by atoms with E-state index in [4.69, 9.17) is 34.3 Å². The predicted molar refractivity (Wildman–Crippen MR) is 203 cm³/mol. The maximum absolute atomic E-state index is 13.1. The monoisotopic (exact) mass is 787 g/mol. The van der Waals surface area contributed by atoms with E-state index in [1.54, 1.807) is 19.1 Å². The molecule has 55 heavy (non-hydrogen) atoms. The van der Waals surface area contributed by atoms with E-state index in [1.165, 1.54) is 106 Å². The van der Waals surface area contributed by atoms with Gasteiger partial charge in [0.05, 0.1) is 18.9 Å². The number of rotatable bonds is 27. The van der Waals surface area contributed by atoms with Gasteiger partial charge in [0.2, 0.25) is 5.88 Å². The number of anilines is 1. The van der Waals surface area contributed by atoms with Crippen LogP contribution in [-0.4, -0.2) is 89.7 Å². The molecule has 2 fully saturated rings. The summed E-state index contributed by atoms with van der Waals surface area (Å²) < 4.78 is 42.9. The zero-order valence-corrected chi connectivity index (χ0v) is 33.0. The van der Waals surface area contributed by atoms with Crippen molar-refractivity contribution in [1.82, 2.24) is 24.8 Å². The van der Waals surface area contributed by atoms with Gasteiger partial charge in [0.15, 0.2) is 17.1 Å². The number of phosphoric ester groups is 1. The minimum Gasteiger partial charge on any atom is -0.468 e. The van der Waals surface area contributed by atoms with Crippen molar-refractivity contribution in [3.8, 4) is 11.9 Å². The number of unbranched alkanes of at least 4 members (excludes halogenated alkanes) is 15. The molecule has 304 valence electrons. The number of hydrogen-bond acceptors (Lipinski definition) is 14. The van der Waals surface area contributed by atoms with Crippen molar-refractivity contribution in [3.05, 3.63) is 42.0 Å². The summed E-state index contributed by atoms with van der Waals surface area (Å²) >= 11 is 0. The third kappa shape index (κ3) is 11.2. The highest BCUT2D eigenvalue weighted by atomic mass is 31.2. The Morgan fingerprint density at radius 2 is 1.60 bits per heavy atom. The predicted octanol–water partition coefficient (Wildman–Crippen LogP) is 5.92. The molecule has 3 aromatic heterocycles. The van der Waals surface area contributed by atoms with Crippen LogP contribution in [0.3, 0.4) is 0 Å². The SMILES string of the molecule is CCCCCCCCCCCCCCCCCCOC[C@H](COP(=O)(O)OC1[C@H]2O[C@@](C)(c3ccc4c(N)ncnn34)[C@H](O)[C@@]12O)Oc1ccc(C#N)nn1. The number of aromatic nitrogens is 5. The Morgan fingerprint density at radius 3 is 2.16 bits per heavy atom. The summed E-state index contributed by atoms with van der Waals surface area (Å²) in [6.45, 7) is 3.86. The molecule has 2 aliphatic rings. The first-order valence-corrected chi connectivity index (χ1v) is 21.3. The van der Waals surface area contributed by atoms with E-state index in [1.807, 2.05) is 6.07 Å². The highest BCUT2D eigenvalue weighted by molar-refractivity contribution is 7.47. The number of hydrogen-bond donors (Lipinski definition) is 4. The van der Waals surface area contributed by atoms with Gasteiger partial charge in [-0.25, -0.2) is 14.1 Å². The van der Waals surface area contributed by atoms with Crippen LogP contribution in [0.2, 0.25) is 0 Å². The number of ether oxygens (including phenoxy) is 3. The van der Waals surface area contributed by atoms with Gasteiger partial charge >= 0.3 is 7.82 Å². The number of phosphoric acid groups is 1. The Kier molecular flexibility index (Phi) is 15.8. The third-order valence-electron chi connectivity index (χ3n) is 10.6. The highest BCUT2D eigenvalue weighted by Crippen LogP contribution is 2.63. The molecule has 0 spiro atoms. The van der Waals surface area contributed by atoms with Crippen LogP contribution in [0, 0.1) is 11.3 Å². The van der Waals surface area contributed by atoms with Gasteiger partial charge < -0.3 is 35.1 Å². The summed E-state index contributed by atoms with van der Waals surface area (Å²) in [5.41, 5.74) is 3.49. The molecule has 3 aromatic rings. The normalized spacial score (nSPS) is 24.7. The maximum Gasteiger partial charge on any atom is 0.472 e. The zero-order chi connectivity index (χ0) is 39.3. The van der Waals surface area contributed by atoms with Crippen LogP contribution < -0.4 is 10.5 Å². The summed E-state index contributed by atoms with van der Waals surface area (Å²) in [7, 11) is -4.81. The van der Waals surface area contributed by atoms with E-state index in [-0.39, 0.29) is 24.0 Å². The fourth-order valence-electron chi connectivity index (χ4n) is 7.28. The average Bonchev–Trinajstić information content (AvgIpc) is 3.41. The standard InChI is InChI=1S/C38H58N7O9P/c1-3-4-5-6-7-8-9-10-11-12-13-14-15-16-17-18-23-50-25-29(52-32-22-19-28(24-39)43-44-32)26-51-55(48,49)54-34-33-38(34,47)36(46)37(2,53-33)31-21-20-30-35(40)41-27-42-45(30)31/h19-22,27,29,33-34,36,46-47H,3-18,23,25-26H2,1-2H3,(H,48,49)(H2,40,41,42)/t29-,33-,34?,36+,37+,38+/m1/s1. The molecular formula is C38H58N7O9P. The molecule has 7 atom stereocenters.